The standard InChI is InChI=1S/C16H17N3O2/c1-16(2,18-10-8-17-11-18)7-9-19-14(20)12-5-3-4-6-13(12)15(19)21/h3-6,8,10-11H,7,9H2,1-2H3. The number of nitrogens with zero attached hydrogens (tertiary/aromatic N) is 3. The SMILES string of the molecule is CC(C)(CCN1C(=O)c2ccccc2C1=O)n1ccnc1. The molecule has 0 saturated carbocycles. The van der Waals surface area contributed by atoms with Gasteiger partial charge in [0.15, 0.2) is 0 Å². The quantitative estimate of drug-likeness (QED) is 0.809. The molecule has 1 aliphatic heterocycles. The summed E-state index contributed by atoms with van der Waals surface area (Å²) in [5.74, 6) is -0.394. The number of carbonyl (C=O) groups is 2. The van der Waals surface area contributed by atoms with E-state index in [0.717, 1.165) is 0 Å². The lowest BCUT2D eigenvalue weighted by Gasteiger charge is -2.28. The van der Waals surface area contributed by atoms with Crippen molar-refractivity contribution >= 4 is 11.8 Å². The molecular formula is C16H17N3O2. The topological polar surface area (TPSA) is 55.2 Å². The molecule has 0 atom stereocenters. The second kappa shape index (κ2) is 4.84. The fourth-order valence-corrected chi connectivity index (χ4v) is 2.57. The van der Waals surface area contributed by atoms with E-state index in [2.05, 4.69) is 18.8 Å². The summed E-state index contributed by atoms with van der Waals surface area (Å²) in [5.41, 5.74) is 0.803. The zero-order chi connectivity index (χ0) is 15.0. The first-order valence-corrected chi connectivity index (χ1v) is 6.94. The Kier molecular flexibility index (Phi) is 3.12. The van der Waals surface area contributed by atoms with E-state index in [0.29, 0.717) is 24.1 Å². The monoisotopic (exact) mass is 283 g/mol. The van der Waals surface area contributed by atoms with Gasteiger partial charge in [-0.15, -0.1) is 0 Å². The van der Waals surface area contributed by atoms with Crippen LogP contribution in [0.15, 0.2) is 43.0 Å². The van der Waals surface area contributed by atoms with Crippen molar-refractivity contribution in [3.63, 3.8) is 0 Å². The van der Waals surface area contributed by atoms with E-state index in [1.165, 1.54) is 4.90 Å². The molecule has 0 aliphatic carbocycles. The highest BCUT2D eigenvalue weighted by atomic mass is 16.2. The molecular weight excluding hydrogens is 266 g/mol. The van der Waals surface area contributed by atoms with Gasteiger partial charge in [-0.3, -0.25) is 14.5 Å². The molecule has 5 heteroatoms. The molecule has 5 nitrogen and oxygen atoms in total. The number of fused-ring (bicyclic) bond motifs is 1. The minimum atomic E-state index is -0.203. The van der Waals surface area contributed by atoms with Crippen LogP contribution in [0.3, 0.4) is 0 Å². The highest BCUT2D eigenvalue weighted by molar-refractivity contribution is 6.21. The van der Waals surface area contributed by atoms with Crippen molar-refractivity contribution in [2.45, 2.75) is 25.8 Å². The zero-order valence-electron chi connectivity index (χ0n) is 12.1. The first-order chi connectivity index (χ1) is 10.0. The third-order valence-electron chi connectivity index (χ3n) is 4.03. The van der Waals surface area contributed by atoms with Gasteiger partial charge in [0.25, 0.3) is 11.8 Å². The Morgan fingerprint density at radius 3 is 2.24 bits per heavy atom. The van der Waals surface area contributed by atoms with E-state index >= 15 is 0 Å². The van der Waals surface area contributed by atoms with Gasteiger partial charge in [0, 0.05) is 24.5 Å². The van der Waals surface area contributed by atoms with Crippen LogP contribution in [0, 0.1) is 0 Å². The Hall–Kier alpha value is -2.43. The van der Waals surface area contributed by atoms with Crippen molar-refractivity contribution in [2.75, 3.05) is 6.54 Å². The van der Waals surface area contributed by atoms with Gasteiger partial charge in [0.1, 0.15) is 0 Å². The summed E-state index contributed by atoms with van der Waals surface area (Å²) in [7, 11) is 0. The second-order valence-corrected chi connectivity index (χ2v) is 5.84. The van der Waals surface area contributed by atoms with E-state index in [1.807, 2.05) is 10.8 Å². The van der Waals surface area contributed by atoms with Gasteiger partial charge in [-0.05, 0) is 32.4 Å². The van der Waals surface area contributed by atoms with Crippen molar-refractivity contribution in [1.82, 2.24) is 14.5 Å². The molecule has 0 unspecified atom stereocenters. The summed E-state index contributed by atoms with van der Waals surface area (Å²) in [6.45, 7) is 4.53. The molecule has 2 heterocycles. The summed E-state index contributed by atoms with van der Waals surface area (Å²) in [5, 5.41) is 0. The van der Waals surface area contributed by atoms with E-state index in [-0.39, 0.29) is 17.4 Å². The fraction of sp³-hybridized carbons (Fsp3) is 0.312. The maximum atomic E-state index is 12.3. The van der Waals surface area contributed by atoms with Crippen molar-refractivity contribution in [3.8, 4) is 0 Å². The number of imide groups is 1. The Morgan fingerprint density at radius 2 is 1.71 bits per heavy atom. The minimum Gasteiger partial charge on any atom is -0.332 e. The Balaban J connectivity index is 1.76. The van der Waals surface area contributed by atoms with Crippen molar-refractivity contribution in [2.24, 2.45) is 0 Å². The number of imidazole rings is 1. The lowest BCUT2D eigenvalue weighted by molar-refractivity contribution is 0.0637. The smallest absolute Gasteiger partial charge is 0.261 e. The number of hydrogen-bond donors (Lipinski definition) is 0. The van der Waals surface area contributed by atoms with Crippen LogP contribution in [-0.2, 0) is 5.54 Å². The van der Waals surface area contributed by atoms with Crippen LogP contribution in [0.5, 0.6) is 0 Å². The molecule has 1 aromatic carbocycles. The molecule has 0 saturated heterocycles. The van der Waals surface area contributed by atoms with Crippen LogP contribution in [0.25, 0.3) is 0 Å². The average molecular weight is 283 g/mol. The lowest BCUT2D eigenvalue weighted by atomic mass is 10.00. The number of benzene rings is 1. The van der Waals surface area contributed by atoms with Crippen LogP contribution in [0.1, 0.15) is 41.0 Å². The van der Waals surface area contributed by atoms with Gasteiger partial charge >= 0.3 is 0 Å². The molecule has 3 rings (SSSR count). The Bertz CT molecular complexity index is 654. The minimum absolute atomic E-state index is 0.197. The third kappa shape index (κ3) is 2.24. The van der Waals surface area contributed by atoms with E-state index in [4.69, 9.17) is 0 Å². The van der Waals surface area contributed by atoms with Crippen LogP contribution in [-0.4, -0.2) is 32.8 Å². The fourth-order valence-electron chi connectivity index (χ4n) is 2.57. The number of hydrogen-bond acceptors (Lipinski definition) is 3. The number of aromatic nitrogens is 2. The van der Waals surface area contributed by atoms with Crippen LogP contribution < -0.4 is 0 Å². The molecule has 0 spiro atoms. The number of rotatable bonds is 4. The molecule has 21 heavy (non-hydrogen) atoms. The van der Waals surface area contributed by atoms with E-state index < -0.39 is 0 Å². The van der Waals surface area contributed by atoms with Gasteiger partial charge in [-0.1, -0.05) is 12.1 Å². The van der Waals surface area contributed by atoms with Crippen LogP contribution in [0.2, 0.25) is 0 Å². The van der Waals surface area contributed by atoms with E-state index in [9.17, 15) is 9.59 Å². The number of amides is 2. The Labute approximate surface area is 123 Å². The largest absolute Gasteiger partial charge is 0.332 e. The summed E-state index contributed by atoms with van der Waals surface area (Å²) in [6.07, 6.45) is 6.04. The normalized spacial score (nSPS) is 14.7. The Morgan fingerprint density at radius 1 is 1.10 bits per heavy atom. The molecule has 0 N–H and O–H groups in total. The third-order valence-corrected chi connectivity index (χ3v) is 4.03. The lowest BCUT2D eigenvalue weighted by Crippen LogP contribution is -2.36. The van der Waals surface area contributed by atoms with Crippen LogP contribution in [0.4, 0.5) is 0 Å². The first-order valence-electron chi connectivity index (χ1n) is 6.94. The first kappa shape index (κ1) is 13.5. The van der Waals surface area contributed by atoms with Crippen molar-refractivity contribution < 1.29 is 9.59 Å². The molecule has 2 aromatic rings. The molecule has 0 fully saturated rings. The maximum absolute atomic E-state index is 12.3. The molecule has 1 aliphatic rings. The summed E-state index contributed by atoms with van der Waals surface area (Å²) in [4.78, 5) is 30.0. The van der Waals surface area contributed by atoms with Crippen molar-refractivity contribution in [1.29, 1.82) is 0 Å². The van der Waals surface area contributed by atoms with Crippen LogP contribution >= 0.6 is 0 Å². The van der Waals surface area contributed by atoms with E-state index in [1.54, 1.807) is 36.8 Å². The highest BCUT2D eigenvalue weighted by Crippen LogP contribution is 2.25. The van der Waals surface area contributed by atoms with Gasteiger partial charge in [0.05, 0.1) is 17.5 Å². The predicted octanol–water partition coefficient (Wildman–Crippen LogP) is 2.30. The van der Waals surface area contributed by atoms with Gasteiger partial charge < -0.3 is 4.57 Å². The maximum Gasteiger partial charge on any atom is 0.261 e. The molecule has 108 valence electrons. The number of carbonyl (C=O) groups excluding carboxylic acids is 2. The van der Waals surface area contributed by atoms with Gasteiger partial charge in [-0.25, -0.2) is 4.98 Å². The molecule has 0 radical (unpaired) electrons. The molecule has 0 bridgehead atoms. The van der Waals surface area contributed by atoms with Crippen molar-refractivity contribution in [3.05, 3.63) is 54.1 Å². The van der Waals surface area contributed by atoms with Gasteiger partial charge in [-0.2, -0.15) is 0 Å². The molecule has 2 amide bonds. The molecule has 1 aromatic heterocycles. The summed E-state index contributed by atoms with van der Waals surface area (Å²) >= 11 is 0. The summed E-state index contributed by atoms with van der Waals surface area (Å²) in [6, 6.07) is 6.97. The average Bonchev–Trinajstić information content (AvgIpc) is 3.08. The van der Waals surface area contributed by atoms with Gasteiger partial charge in [0.2, 0.25) is 0 Å². The second-order valence-electron chi connectivity index (χ2n) is 5.84. The predicted molar refractivity (Wildman–Crippen MR) is 78.0 cm³/mol. The zero-order valence-corrected chi connectivity index (χ0v) is 12.1. The summed E-state index contributed by atoms with van der Waals surface area (Å²) < 4.78 is 1.99. The highest BCUT2D eigenvalue weighted by Gasteiger charge is 2.35.